The van der Waals surface area contributed by atoms with Gasteiger partial charge in [-0.1, -0.05) is 6.92 Å². The van der Waals surface area contributed by atoms with Crippen molar-refractivity contribution in [3.05, 3.63) is 0 Å². The Bertz CT molecular complexity index is 22.8. The Labute approximate surface area is 49.6 Å². The third-order valence-electron chi connectivity index (χ3n) is 0.301. The molecule has 1 unspecified atom stereocenters. The van der Waals surface area contributed by atoms with E-state index >= 15 is 0 Å². The van der Waals surface area contributed by atoms with Gasteiger partial charge in [-0.2, -0.15) is 0 Å². The monoisotopic (exact) mass is 142 g/mol. The van der Waals surface area contributed by atoms with Gasteiger partial charge in [0.2, 0.25) is 0 Å². The van der Waals surface area contributed by atoms with Crippen LogP contribution < -0.4 is 0 Å². The quantitative estimate of drug-likeness (QED) is 0.332. The molecule has 3 heteroatoms. The molecule has 0 heterocycles. The Hall–Kier alpha value is 1.07. The Morgan fingerprint density at radius 2 is 2.50 bits per heavy atom. The highest BCUT2D eigenvalue weighted by molar-refractivity contribution is 8.49. The lowest BCUT2D eigenvalue weighted by Gasteiger charge is -1.85. The van der Waals surface area contributed by atoms with E-state index in [1.807, 2.05) is 11.4 Å². The standard InChI is InChI=1S/C3H8ClPS/c1-2-6-5-3-4/h5H,2-3H2,1H3. The summed E-state index contributed by atoms with van der Waals surface area (Å²) in [4.78, 5) is 0. The van der Waals surface area contributed by atoms with Crippen molar-refractivity contribution in [3.63, 3.8) is 0 Å². The van der Waals surface area contributed by atoms with E-state index in [0.29, 0.717) is 0 Å². The third-order valence-corrected chi connectivity index (χ3v) is 3.69. The Balaban J connectivity index is 2.34. The molecule has 0 amide bonds. The highest BCUT2D eigenvalue weighted by Gasteiger charge is 1.76. The lowest BCUT2D eigenvalue weighted by atomic mass is 11.0. The topological polar surface area (TPSA) is 0 Å². The fourth-order valence-electron chi connectivity index (χ4n) is 0.141. The molecule has 0 saturated carbocycles. The molecule has 0 saturated heterocycles. The average Bonchev–Trinajstić information content (AvgIpc) is 1.61. The van der Waals surface area contributed by atoms with Gasteiger partial charge in [0, 0.05) is 5.62 Å². The largest absolute Gasteiger partial charge is 0.137 e. The molecule has 0 bridgehead atoms. The van der Waals surface area contributed by atoms with Gasteiger partial charge in [-0.25, -0.2) is 0 Å². The summed E-state index contributed by atoms with van der Waals surface area (Å²) in [7, 11) is 0.897. The van der Waals surface area contributed by atoms with Crippen molar-refractivity contribution in [2.75, 3.05) is 11.4 Å². The van der Waals surface area contributed by atoms with Gasteiger partial charge in [-0.05, 0) is 13.5 Å². The van der Waals surface area contributed by atoms with Crippen molar-refractivity contribution in [2.24, 2.45) is 0 Å². The molecule has 0 nitrogen and oxygen atoms in total. The van der Waals surface area contributed by atoms with Crippen LogP contribution in [0.25, 0.3) is 0 Å². The van der Waals surface area contributed by atoms with Crippen molar-refractivity contribution in [3.8, 4) is 0 Å². The zero-order chi connectivity index (χ0) is 4.83. The van der Waals surface area contributed by atoms with Crippen molar-refractivity contribution in [1.29, 1.82) is 0 Å². The first kappa shape index (κ1) is 7.07. The smallest absolute Gasteiger partial charge is 0.0490 e. The van der Waals surface area contributed by atoms with Crippen LogP contribution >= 0.6 is 30.8 Å². The molecule has 0 aliphatic rings. The van der Waals surface area contributed by atoms with Gasteiger partial charge in [-0.15, -0.1) is 23.0 Å². The van der Waals surface area contributed by atoms with Crippen molar-refractivity contribution < 1.29 is 0 Å². The van der Waals surface area contributed by atoms with Crippen LogP contribution in [0.2, 0.25) is 0 Å². The van der Waals surface area contributed by atoms with E-state index in [-0.39, 0.29) is 0 Å². The maximum atomic E-state index is 5.37. The van der Waals surface area contributed by atoms with E-state index < -0.39 is 0 Å². The second-order valence-electron chi connectivity index (χ2n) is 0.711. The predicted octanol–water partition coefficient (Wildman–Crippen LogP) is 2.53. The molecule has 0 rings (SSSR count). The van der Waals surface area contributed by atoms with Crippen molar-refractivity contribution in [2.45, 2.75) is 6.92 Å². The lowest BCUT2D eigenvalue weighted by molar-refractivity contribution is 1.54. The molecule has 0 aromatic heterocycles. The lowest BCUT2D eigenvalue weighted by Crippen LogP contribution is -1.53. The summed E-state index contributed by atoms with van der Waals surface area (Å²) in [5.41, 5.74) is 0.818. The van der Waals surface area contributed by atoms with E-state index in [2.05, 4.69) is 6.92 Å². The van der Waals surface area contributed by atoms with E-state index in [9.17, 15) is 0 Å². The minimum absolute atomic E-state index is 0.818. The molecule has 0 aliphatic heterocycles. The third kappa shape index (κ3) is 5.07. The zero-order valence-corrected chi connectivity index (χ0v) is 6.27. The van der Waals surface area contributed by atoms with Gasteiger partial charge in [0.1, 0.15) is 0 Å². The first-order valence-corrected chi connectivity index (χ1v) is 5.27. The number of alkyl halides is 1. The fraction of sp³-hybridized carbons (Fsp3) is 1.00. The molecule has 0 aromatic rings. The molecule has 0 radical (unpaired) electrons. The molecule has 0 aromatic carbocycles. The maximum Gasteiger partial charge on any atom is 0.0490 e. The molecule has 0 fully saturated rings. The summed E-state index contributed by atoms with van der Waals surface area (Å²) >= 11 is 7.28. The number of hydrogen-bond donors (Lipinski definition) is 0. The minimum Gasteiger partial charge on any atom is -0.137 e. The first-order chi connectivity index (χ1) is 2.91. The van der Waals surface area contributed by atoms with Gasteiger partial charge in [0.05, 0.1) is 0 Å². The van der Waals surface area contributed by atoms with E-state index in [0.717, 1.165) is 13.4 Å². The van der Waals surface area contributed by atoms with Crippen LogP contribution in [0.1, 0.15) is 6.92 Å². The molecule has 6 heavy (non-hydrogen) atoms. The normalized spacial score (nSPS) is 11.0. The summed E-state index contributed by atoms with van der Waals surface area (Å²) in [5.74, 6) is 1.20. The summed E-state index contributed by atoms with van der Waals surface area (Å²) in [5, 5.41) is 0. The molecule has 38 valence electrons. The molecule has 0 N–H and O–H groups in total. The van der Waals surface area contributed by atoms with Crippen LogP contribution in [0, 0.1) is 0 Å². The second-order valence-corrected chi connectivity index (χ2v) is 4.67. The van der Waals surface area contributed by atoms with Gasteiger partial charge in [0.15, 0.2) is 0 Å². The Morgan fingerprint density at radius 1 is 1.83 bits per heavy atom. The number of hydrogen-bond acceptors (Lipinski definition) is 1. The van der Waals surface area contributed by atoms with Crippen LogP contribution in [0.3, 0.4) is 0 Å². The van der Waals surface area contributed by atoms with Crippen LogP contribution in [0.4, 0.5) is 0 Å². The van der Waals surface area contributed by atoms with E-state index in [4.69, 9.17) is 11.6 Å². The van der Waals surface area contributed by atoms with E-state index in [1.165, 1.54) is 5.75 Å². The van der Waals surface area contributed by atoms with Crippen LogP contribution in [-0.2, 0) is 0 Å². The van der Waals surface area contributed by atoms with Crippen LogP contribution in [0.15, 0.2) is 0 Å². The highest BCUT2D eigenvalue weighted by Crippen LogP contribution is 2.28. The van der Waals surface area contributed by atoms with Crippen molar-refractivity contribution >= 4 is 30.8 Å². The molecular weight excluding hydrogens is 135 g/mol. The first-order valence-electron chi connectivity index (χ1n) is 1.82. The molecule has 0 aliphatic carbocycles. The summed E-state index contributed by atoms with van der Waals surface area (Å²) in [6, 6.07) is 0. The summed E-state index contributed by atoms with van der Waals surface area (Å²) < 4.78 is 0. The van der Waals surface area contributed by atoms with Gasteiger partial charge in [0.25, 0.3) is 0 Å². The minimum atomic E-state index is 0.818. The fourth-order valence-corrected chi connectivity index (χ4v) is 1.96. The number of rotatable bonds is 3. The second kappa shape index (κ2) is 6.07. The van der Waals surface area contributed by atoms with Crippen LogP contribution in [-0.4, -0.2) is 11.4 Å². The summed E-state index contributed by atoms with van der Waals surface area (Å²) in [6.45, 7) is 2.14. The molecule has 0 spiro atoms. The molecule has 1 atom stereocenters. The van der Waals surface area contributed by atoms with Crippen LogP contribution in [0.5, 0.6) is 0 Å². The SMILES string of the molecule is CCSPCCl. The average molecular weight is 143 g/mol. The predicted molar refractivity (Wildman–Crippen MR) is 37.2 cm³/mol. The highest BCUT2D eigenvalue weighted by atomic mass is 35.5. The van der Waals surface area contributed by atoms with E-state index in [1.54, 1.807) is 0 Å². The van der Waals surface area contributed by atoms with Gasteiger partial charge < -0.3 is 0 Å². The van der Waals surface area contributed by atoms with Gasteiger partial charge in [-0.3, -0.25) is 0 Å². The Morgan fingerprint density at radius 3 is 2.67 bits per heavy atom. The summed E-state index contributed by atoms with van der Waals surface area (Å²) in [6.07, 6.45) is 0. The number of halogens is 1. The van der Waals surface area contributed by atoms with Gasteiger partial charge >= 0.3 is 0 Å². The zero-order valence-electron chi connectivity index (χ0n) is 3.70. The Kier molecular flexibility index (Phi) is 7.15. The van der Waals surface area contributed by atoms with Crippen molar-refractivity contribution in [1.82, 2.24) is 0 Å². The maximum absolute atomic E-state index is 5.37. The molecular formula is C3H8ClPS.